The van der Waals surface area contributed by atoms with Crippen molar-refractivity contribution in [2.24, 2.45) is 10.2 Å². The zero-order valence-electron chi connectivity index (χ0n) is 12.5. The molecule has 0 heterocycles. The van der Waals surface area contributed by atoms with E-state index in [9.17, 15) is 13.0 Å². The van der Waals surface area contributed by atoms with Crippen molar-refractivity contribution in [3.8, 4) is 0 Å². The summed E-state index contributed by atoms with van der Waals surface area (Å²) in [6.07, 6.45) is 0. The second-order valence-electron chi connectivity index (χ2n) is 5.12. The van der Waals surface area contributed by atoms with Crippen molar-refractivity contribution in [2.45, 2.75) is 4.90 Å². The minimum atomic E-state index is -4.47. The normalized spacial score (nSPS) is 12.1. The number of azo groups is 1. The predicted octanol–water partition coefficient (Wildman–Crippen LogP) is 5.39. The molecule has 3 aromatic rings. The third kappa shape index (κ3) is 3.59. The zero-order chi connectivity index (χ0) is 18.2. The summed E-state index contributed by atoms with van der Waals surface area (Å²) in [5, 5.41) is 9.44. The lowest BCUT2D eigenvalue weighted by Crippen LogP contribution is -2.01. The lowest BCUT2D eigenvalue weighted by Gasteiger charge is -2.09. The largest absolute Gasteiger partial charge is 0.396 e. The minimum Gasteiger partial charge on any atom is -0.396 e. The van der Waals surface area contributed by atoms with Crippen molar-refractivity contribution in [1.29, 1.82) is 0 Å². The Morgan fingerprint density at radius 3 is 2.20 bits per heavy atom. The summed E-state index contributed by atoms with van der Waals surface area (Å²) in [5.74, 6) is 0. The summed E-state index contributed by atoms with van der Waals surface area (Å²) < 4.78 is 32.9. The molecule has 0 saturated carbocycles. The van der Waals surface area contributed by atoms with Crippen LogP contribution in [0.1, 0.15) is 0 Å². The average molecular weight is 396 g/mol. The second-order valence-corrected chi connectivity index (χ2v) is 7.36. The zero-order valence-corrected chi connectivity index (χ0v) is 14.8. The summed E-state index contributed by atoms with van der Waals surface area (Å²) in [6.45, 7) is 0. The van der Waals surface area contributed by atoms with Gasteiger partial charge >= 0.3 is 0 Å². The molecular weight excluding hydrogens is 385 g/mol. The molecule has 0 radical (unpaired) electrons. The van der Waals surface area contributed by atoms with Crippen molar-refractivity contribution < 1.29 is 13.0 Å². The van der Waals surface area contributed by atoms with Gasteiger partial charge in [0.05, 0.1) is 10.7 Å². The molecule has 0 amide bonds. The summed E-state index contributed by atoms with van der Waals surface area (Å²) in [7, 11) is -4.47. The molecule has 0 aliphatic rings. The van der Waals surface area contributed by atoms with Crippen LogP contribution in [-0.2, 0) is 10.1 Å². The van der Waals surface area contributed by atoms with Crippen LogP contribution >= 0.6 is 23.2 Å². The van der Waals surface area contributed by atoms with Crippen molar-refractivity contribution in [3.63, 3.8) is 0 Å². The van der Waals surface area contributed by atoms with E-state index in [0.29, 0.717) is 21.5 Å². The highest BCUT2D eigenvalue weighted by atomic mass is 35.5. The van der Waals surface area contributed by atoms with E-state index < -0.39 is 10.1 Å². The smallest absolute Gasteiger partial charge is 0.295 e. The Balaban J connectivity index is 2.19. The Kier molecular flexibility index (Phi) is 4.66. The van der Waals surface area contributed by atoms with Crippen LogP contribution in [0.2, 0.25) is 10.0 Å². The number of hydrogen-bond donors (Lipinski definition) is 2. The molecule has 0 fully saturated rings. The molecule has 0 unspecified atom stereocenters. The van der Waals surface area contributed by atoms with Crippen LogP contribution < -0.4 is 5.73 Å². The van der Waals surface area contributed by atoms with Gasteiger partial charge < -0.3 is 5.73 Å². The van der Waals surface area contributed by atoms with Crippen LogP contribution in [0.3, 0.4) is 0 Å². The Hall–Kier alpha value is -2.19. The van der Waals surface area contributed by atoms with Gasteiger partial charge in [0.1, 0.15) is 16.3 Å². The number of anilines is 1. The molecule has 6 nitrogen and oxygen atoms in total. The maximum absolute atomic E-state index is 11.7. The first-order chi connectivity index (χ1) is 11.8. The Bertz CT molecular complexity index is 1120. The van der Waals surface area contributed by atoms with Crippen LogP contribution in [-0.4, -0.2) is 13.0 Å². The first kappa shape index (κ1) is 17.6. The average Bonchev–Trinajstić information content (AvgIpc) is 2.54. The number of hydrogen-bond acceptors (Lipinski definition) is 5. The summed E-state index contributed by atoms with van der Waals surface area (Å²) >= 11 is 11.9. The van der Waals surface area contributed by atoms with E-state index in [1.165, 1.54) is 12.1 Å². The summed E-state index contributed by atoms with van der Waals surface area (Å²) in [6, 6.07) is 12.4. The van der Waals surface area contributed by atoms with Gasteiger partial charge in [-0.3, -0.25) is 4.55 Å². The van der Waals surface area contributed by atoms with Crippen LogP contribution in [0.25, 0.3) is 10.8 Å². The third-order valence-electron chi connectivity index (χ3n) is 3.48. The number of nitrogens with two attached hydrogens (primary N) is 1. The maximum Gasteiger partial charge on any atom is 0.295 e. The molecule has 0 aromatic heterocycles. The minimum absolute atomic E-state index is 0.0948. The van der Waals surface area contributed by atoms with Crippen molar-refractivity contribution in [2.75, 3.05) is 5.73 Å². The molecule has 3 N–H and O–H groups in total. The van der Waals surface area contributed by atoms with E-state index in [0.717, 1.165) is 0 Å². The molecular formula is C16H11Cl2N3O3S. The number of nitrogens with zero attached hydrogens (tertiary/aromatic N) is 2. The molecule has 0 bridgehead atoms. The van der Waals surface area contributed by atoms with Gasteiger partial charge in [0.2, 0.25) is 0 Å². The Labute approximate surface area is 153 Å². The van der Waals surface area contributed by atoms with Gasteiger partial charge in [-0.1, -0.05) is 47.5 Å². The Morgan fingerprint density at radius 1 is 0.920 bits per heavy atom. The molecule has 3 aromatic carbocycles. The molecule has 3 rings (SSSR count). The number of nitrogen functional groups attached to an aromatic ring is 1. The quantitative estimate of drug-likeness (QED) is 0.352. The SMILES string of the molecule is Nc1c(N=Nc2ccc(Cl)cc2Cl)cc(S(=O)(=O)O)c2ccccc12. The number of halogens is 2. The first-order valence-corrected chi connectivity index (χ1v) is 9.12. The van der Waals surface area contributed by atoms with Crippen molar-refractivity contribution in [3.05, 3.63) is 58.6 Å². The summed E-state index contributed by atoms with van der Waals surface area (Å²) in [5.41, 5.74) is 6.74. The maximum atomic E-state index is 11.7. The standard InChI is InChI=1S/C16H11Cl2N3O3S/c17-9-5-6-13(12(18)7-9)20-21-14-8-15(25(22,23)24)10-3-1-2-4-11(10)16(14)19/h1-8H,19H2,(H,22,23,24). The van der Waals surface area contributed by atoms with Crippen LogP contribution in [0.15, 0.2) is 63.7 Å². The van der Waals surface area contributed by atoms with E-state index in [2.05, 4.69) is 10.2 Å². The van der Waals surface area contributed by atoms with Gasteiger partial charge in [-0.05, 0) is 24.3 Å². The number of fused-ring (bicyclic) bond motifs is 1. The van der Waals surface area contributed by atoms with Gasteiger partial charge in [0.15, 0.2) is 0 Å². The fraction of sp³-hybridized carbons (Fsp3) is 0. The van der Waals surface area contributed by atoms with Crippen molar-refractivity contribution in [1.82, 2.24) is 0 Å². The van der Waals surface area contributed by atoms with E-state index >= 15 is 0 Å². The first-order valence-electron chi connectivity index (χ1n) is 6.93. The monoisotopic (exact) mass is 395 g/mol. The fourth-order valence-corrected chi connectivity index (χ4v) is 3.48. The second kappa shape index (κ2) is 6.61. The van der Waals surface area contributed by atoms with Crippen LogP contribution in [0.5, 0.6) is 0 Å². The summed E-state index contributed by atoms with van der Waals surface area (Å²) in [4.78, 5) is -0.298. The highest BCUT2D eigenvalue weighted by Crippen LogP contribution is 2.37. The predicted molar refractivity (Wildman–Crippen MR) is 98.8 cm³/mol. The molecule has 0 aliphatic heterocycles. The van der Waals surface area contributed by atoms with Gasteiger partial charge in [-0.25, -0.2) is 0 Å². The topological polar surface area (TPSA) is 105 Å². The fourth-order valence-electron chi connectivity index (χ4n) is 2.32. The Morgan fingerprint density at radius 2 is 1.56 bits per heavy atom. The lowest BCUT2D eigenvalue weighted by molar-refractivity contribution is 0.484. The van der Waals surface area contributed by atoms with Crippen molar-refractivity contribution >= 4 is 61.2 Å². The van der Waals surface area contributed by atoms with Gasteiger partial charge in [-0.15, -0.1) is 10.2 Å². The third-order valence-corrected chi connectivity index (χ3v) is 4.91. The molecule has 9 heteroatoms. The molecule has 128 valence electrons. The van der Waals surface area contributed by atoms with E-state index in [4.69, 9.17) is 28.9 Å². The van der Waals surface area contributed by atoms with Crippen LogP contribution in [0, 0.1) is 0 Å². The van der Waals surface area contributed by atoms with Gasteiger partial charge in [0, 0.05) is 15.8 Å². The highest BCUT2D eigenvalue weighted by Gasteiger charge is 2.18. The molecule has 0 saturated heterocycles. The lowest BCUT2D eigenvalue weighted by atomic mass is 10.1. The van der Waals surface area contributed by atoms with Gasteiger partial charge in [0.25, 0.3) is 10.1 Å². The number of rotatable bonds is 3. The highest BCUT2D eigenvalue weighted by molar-refractivity contribution is 7.86. The molecule has 0 spiro atoms. The van der Waals surface area contributed by atoms with E-state index in [1.807, 2.05) is 0 Å². The number of benzene rings is 3. The van der Waals surface area contributed by atoms with Gasteiger partial charge in [-0.2, -0.15) is 8.42 Å². The molecule has 25 heavy (non-hydrogen) atoms. The van der Waals surface area contributed by atoms with E-state index in [1.54, 1.807) is 36.4 Å². The molecule has 0 atom stereocenters. The molecule has 0 aliphatic carbocycles. The van der Waals surface area contributed by atoms with Crippen LogP contribution in [0.4, 0.5) is 17.1 Å². The van der Waals surface area contributed by atoms with E-state index in [-0.39, 0.29) is 21.3 Å².